The summed E-state index contributed by atoms with van der Waals surface area (Å²) in [6.45, 7) is 1.40. The van der Waals surface area contributed by atoms with Crippen molar-refractivity contribution in [1.29, 1.82) is 0 Å². The van der Waals surface area contributed by atoms with Crippen molar-refractivity contribution in [3.05, 3.63) is 65.9 Å². The number of amides is 1. The minimum absolute atomic E-state index is 0.242. The number of ether oxygens (including phenoxy) is 2. The molecule has 0 fully saturated rings. The molecular weight excluding hydrogens is 386 g/mol. The van der Waals surface area contributed by atoms with E-state index in [1.165, 1.54) is 7.11 Å². The SMILES string of the molecule is COC(=O)[C@@H](CO)NC(=O)c1cn(-c2ccc(C)cc2)nc1-c1cccc(OC)c1. The van der Waals surface area contributed by atoms with Crippen LogP contribution in [0.3, 0.4) is 0 Å². The molecule has 3 aromatic rings. The van der Waals surface area contributed by atoms with Gasteiger partial charge >= 0.3 is 5.97 Å². The highest BCUT2D eigenvalue weighted by Crippen LogP contribution is 2.27. The quantitative estimate of drug-likeness (QED) is 0.580. The smallest absolute Gasteiger partial charge is 0.330 e. The zero-order chi connectivity index (χ0) is 21.7. The van der Waals surface area contributed by atoms with E-state index in [0.29, 0.717) is 17.0 Å². The predicted molar refractivity (Wildman–Crippen MR) is 111 cm³/mol. The number of aliphatic hydroxyl groups is 1. The summed E-state index contributed by atoms with van der Waals surface area (Å²) in [5, 5.41) is 16.5. The molecule has 1 amide bonds. The number of rotatable bonds is 7. The number of hydrogen-bond donors (Lipinski definition) is 2. The fourth-order valence-electron chi connectivity index (χ4n) is 2.91. The Bertz CT molecular complexity index is 1040. The standard InChI is InChI=1S/C22H23N3O5/c1-14-7-9-16(10-8-14)25-12-18(21(27)23-19(13-26)22(28)30-3)20(24-25)15-5-4-6-17(11-15)29-2/h4-12,19,26H,13H2,1-3H3,(H,23,27)/t19-/m1/s1. The molecule has 30 heavy (non-hydrogen) atoms. The minimum atomic E-state index is -1.18. The number of aliphatic hydroxyl groups excluding tert-OH is 1. The average molecular weight is 409 g/mol. The van der Waals surface area contributed by atoms with Crippen molar-refractivity contribution in [2.45, 2.75) is 13.0 Å². The molecule has 0 aliphatic rings. The van der Waals surface area contributed by atoms with Gasteiger partial charge in [-0.05, 0) is 31.2 Å². The number of carbonyl (C=O) groups is 2. The van der Waals surface area contributed by atoms with E-state index in [0.717, 1.165) is 11.3 Å². The van der Waals surface area contributed by atoms with Gasteiger partial charge in [0, 0.05) is 11.8 Å². The van der Waals surface area contributed by atoms with Gasteiger partial charge in [0.2, 0.25) is 0 Å². The Morgan fingerprint density at radius 3 is 2.53 bits per heavy atom. The molecule has 0 bridgehead atoms. The van der Waals surface area contributed by atoms with Gasteiger partial charge in [0.25, 0.3) is 5.91 Å². The van der Waals surface area contributed by atoms with E-state index in [2.05, 4.69) is 15.2 Å². The van der Waals surface area contributed by atoms with Crippen LogP contribution in [0, 0.1) is 6.92 Å². The highest BCUT2D eigenvalue weighted by Gasteiger charge is 2.25. The van der Waals surface area contributed by atoms with Crippen LogP contribution in [0.4, 0.5) is 0 Å². The minimum Gasteiger partial charge on any atom is -0.497 e. The van der Waals surface area contributed by atoms with E-state index in [9.17, 15) is 14.7 Å². The van der Waals surface area contributed by atoms with Crippen LogP contribution in [0.1, 0.15) is 15.9 Å². The third-order valence-electron chi connectivity index (χ3n) is 4.57. The Morgan fingerprint density at radius 1 is 1.17 bits per heavy atom. The van der Waals surface area contributed by atoms with Gasteiger partial charge < -0.3 is 19.9 Å². The first kappa shape index (κ1) is 21.1. The van der Waals surface area contributed by atoms with Crippen molar-refractivity contribution in [2.75, 3.05) is 20.8 Å². The fraction of sp³-hybridized carbons (Fsp3) is 0.227. The maximum atomic E-state index is 13.0. The van der Waals surface area contributed by atoms with Gasteiger partial charge in [-0.3, -0.25) is 4.79 Å². The lowest BCUT2D eigenvalue weighted by molar-refractivity contribution is -0.143. The Balaban J connectivity index is 2.06. The molecule has 1 atom stereocenters. The van der Waals surface area contributed by atoms with Crippen LogP contribution in [0.25, 0.3) is 16.9 Å². The number of nitrogens with zero attached hydrogens (tertiary/aromatic N) is 2. The Kier molecular flexibility index (Phi) is 6.48. The maximum Gasteiger partial charge on any atom is 0.330 e. The van der Waals surface area contributed by atoms with Crippen molar-refractivity contribution >= 4 is 11.9 Å². The third kappa shape index (κ3) is 4.49. The lowest BCUT2D eigenvalue weighted by Crippen LogP contribution is -2.44. The van der Waals surface area contributed by atoms with Crippen LogP contribution in [0.15, 0.2) is 54.7 Å². The molecule has 2 N–H and O–H groups in total. The molecule has 0 radical (unpaired) electrons. The summed E-state index contributed by atoms with van der Waals surface area (Å²) < 4.78 is 11.5. The summed E-state index contributed by atoms with van der Waals surface area (Å²) in [4.78, 5) is 24.7. The molecule has 8 nitrogen and oxygen atoms in total. The molecule has 8 heteroatoms. The lowest BCUT2D eigenvalue weighted by Gasteiger charge is -2.13. The van der Waals surface area contributed by atoms with Gasteiger partial charge in [0.15, 0.2) is 6.04 Å². The van der Waals surface area contributed by atoms with Gasteiger partial charge in [-0.15, -0.1) is 0 Å². The lowest BCUT2D eigenvalue weighted by atomic mass is 10.1. The molecule has 1 heterocycles. The van der Waals surface area contributed by atoms with Crippen LogP contribution in [-0.4, -0.2) is 53.6 Å². The molecule has 0 saturated heterocycles. The second-order valence-corrected chi connectivity index (χ2v) is 6.64. The van der Waals surface area contributed by atoms with E-state index >= 15 is 0 Å². The van der Waals surface area contributed by atoms with E-state index in [1.807, 2.05) is 37.3 Å². The molecule has 0 spiro atoms. The molecule has 0 aliphatic carbocycles. The Labute approximate surface area is 174 Å². The molecule has 0 unspecified atom stereocenters. The van der Waals surface area contributed by atoms with Crippen LogP contribution in [-0.2, 0) is 9.53 Å². The number of nitrogens with one attached hydrogen (secondary N) is 1. The third-order valence-corrected chi connectivity index (χ3v) is 4.57. The van der Waals surface area contributed by atoms with E-state index in [1.54, 1.807) is 36.2 Å². The van der Waals surface area contributed by atoms with Crippen LogP contribution < -0.4 is 10.1 Å². The van der Waals surface area contributed by atoms with Crippen molar-refractivity contribution in [3.63, 3.8) is 0 Å². The normalized spacial score (nSPS) is 11.6. The van der Waals surface area contributed by atoms with Crippen molar-refractivity contribution < 1.29 is 24.2 Å². The van der Waals surface area contributed by atoms with Crippen LogP contribution in [0.2, 0.25) is 0 Å². The first-order valence-corrected chi connectivity index (χ1v) is 9.27. The highest BCUT2D eigenvalue weighted by atomic mass is 16.5. The summed E-state index contributed by atoms with van der Waals surface area (Å²) in [6.07, 6.45) is 1.58. The molecule has 0 aliphatic heterocycles. The number of hydrogen-bond acceptors (Lipinski definition) is 6. The predicted octanol–water partition coefficient (Wildman–Crippen LogP) is 2.12. The Hall–Kier alpha value is -3.65. The number of aryl methyl sites for hydroxylation is 1. The van der Waals surface area contributed by atoms with Gasteiger partial charge in [-0.25, -0.2) is 9.48 Å². The molecule has 2 aromatic carbocycles. The summed E-state index contributed by atoms with van der Waals surface area (Å²) in [5.74, 6) is -0.679. The topological polar surface area (TPSA) is 103 Å². The number of carbonyl (C=O) groups excluding carboxylic acids is 2. The van der Waals surface area contributed by atoms with Gasteiger partial charge in [0.1, 0.15) is 11.4 Å². The maximum absolute atomic E-state index is 13.0. The van der Waals surface area contributed by atoms with Crippen LogP contribution in [0.5, 0.6) is 5.75 Å². The number of benzene rings is 2. The van der Waals surface area contributed by atoms with E-state index in [4.69, 9.17) is 4.74 Å². The first-order valence-electron chi connectivity index (χ1n) is 9.27. The van der Waals surface area contributed by atoms with Crippen molar-refractivity contribution in [2.24, 2.45) is 0 Å². The van der Waals surface area contributed by atoms with Crippen molar-refractivity contribution in [1.82, 2.24) is 15.1 Å². The Morgan fingerprint density at radius 2 is 1.90 bits per heavy atom. The molecule has 3 rings (SSSR count). The molecule has 0 saturated carbocycles. The summed E-state index contributed by atoms with van der Waals surface area (Å²) in [7, 11) is 2.74. The number of aromatic nitrogens is 2. The zero-order valence-corrected chi connectivity index (χ0v) is 17.0. The monoisotopic (exact) mass is 409 g/mol. The second kappa shape index (κ2) is 9.23. The highest BCUT2D eigenvalue weighted by molar-refractivity contribution is 6.01. The summed E-state index contributed by atoms with van der Waals surface area (Å²) >= 11 is 0. The van der Waals surface area contributed by atoms with Gasteiger partial charge in [-0.1, -0.05) is 29.8 Å². The molecule has 156 valence electrons. The molecule has 1 aromatic heterocycles. The largest absolute Gasteiger partial charge is 0.497 e. The van der Waals surface area contributed by atoms with Gasteiger partial charge in [-0.2, -0.15) is 5.10 Å². The molecular formula is C22H23N3O5. The van der Waals surface area contributed by atoms with Crippen molar-refractivity contribution in [3.8, 4) is 22.7 Å². The average Bonchev–Trinajstić information content (AvgIpc) is 3.23. The van der Waals surface area contributed by atoms with E-state index in [-0.39, 0.29) is 5.56 Å². The van der Waals surface area contributed by atoms with Crippen LogP contribution >= 0.6 is 0 Å². The second-order valence-electron chi connectivity index (χ2n) is 6.64. The first-order chi connectivity index (χ1) is 14.5. The summed E-state index contributed by atoms with van der Waals surface area (Å²) in [6, 6.07) is 13.7. The summed E-state index contributed by atoms with van der Waals surface area (Å²) in [5.41, 5.74) is 3.19. The number of esters is 1. The van der Waals surface area contributed by atoms with E-state index < -0.39 is 24.5 Å². The fourth-order valence-corrected chi connectivity index (χ4v) is 2.91. The number of methoxy groups -OCH3 is 2. The zero-order valence-electron chi connectivity index (χ0n) is 17.0. The van der Waals surface area contributed by atoms with Gasteiger partial charge in [0.05, 0.1) is 32.1 Å².